The fourth-order valence-corrected chi connectivity index (χ4v) is 8.21. The SMILES string of the molecule is CC(C)(C)[C@H](NC(=O)C(NC(=O)c1cc2cc(F)ccc2[nH]1)C1CCCCC1)C(=O)N1C2CCCCC2C[C@H]1C(=O)NCC(=O)C(=O)NC1CC1. The lowest BCUT2D eigenvalue weighted by Crippen LogP contribution is -2.62. The van der Waals surface area contributed by atoms with E-state index in [-0.39, 0.29) is 35.5 Å². The molecule has 2 aromatic rings. The van der Waals surface area contributed by atoms with Gasteiger partial charge in [0.05, 0.1) is 6.54 Å². The first-order valence-electron chi connectivity index (χ1n) is 18.6. The maximum atomic E-state index is 14.7. The molecule has 5 N–H and O–H groups in total. The number of carbonyl (C=O) groups is 6. The van der Waals surface area contributed by atoms with Crippen molar-refractivity contribution in [1.82, 2.24) is 31.2 Å². The van der Waals surface area contributed by atoms with Crippen LogP contribution in [0.4, 0.5) is 4.39 Å². The number of likely N-dealkylation sites (tertiary alicyclic amines) is 1. The summed E-state index contributed by atoms with van der Waals surface area (Å²) in [5.41, 5.74) is 0.0277. The normalized spacial score (nSPS) is 23.5. The molecule has 4 fully saturated rings. The van der Waals surface area contributed by atoms with Crippen molar-refractivity contribution < 1.29 is 33.2 Å². The number of halogens is 1. The van der Waals surface area contributed by atoms with Gasteiger partial charge in [0, 0.05) is 23.0 Å². The van der Waals surface area contributed by atoms with E-state index in [0.29, 0.717) is 17.3 Å². The number of ketones is 1. The van der Waals surface area contributed by atoms with Gasteiger partial charge in [0.25, 0.3) is 11.8 Å². The summed E-state index contributed by atoms with van der Waals surface area (Å²) in [6.07, 6.45) is 9.92. The molecule has 276 valence electrons. The lowest BCUT2D eigenvalue weighted by molar-refractivity contribution is -0.147. The molecule has 4 aliphatic rings. The van der Waals surface area contributed by atoms with Crippen molar-refractivity contribution in [2.75, 3.05) is 6.54 Å². The zero-order valence-electron chi connectivity index (χ0n) is 29.8. The number of H-pyrrole nitrogens is 1. The van der Waals surface area contributed by atoms with E-state index in [1.54, 1.807) is 17.0 Å². The summed E-state index contributed by atoms with van der Waals surface area (Å²) >= 11 is 0. The summed E-state index contributed by atoms with van der Waals surface area (Å²) < 4.78 is 13.9. The standard InChI is InChI=1S/C38H51FN6O6/c1-38(2,3)32(37(51)45-28-12-8-7-11-22(28)19-29(45)34(48)40-20-30(46)35(49)41-25-14-15-25)44-36(50)31(21-9-5-4-6-10-21)43-33(47)27-18-23-17-24(39)13-16-26(23)42-27/h13,16-18,21-22,25,28-29,31-32,42H,4-12,14-15,19-20H2,1-3H3,(H,40,48)(H,41,49)(H,43,47)(H,44,50)/t22?,28?,29-,31?,32+/m0/s1. The van der Waals surface area contributed by atoms with Gasteiger partial charge in [0.1, 0.15) is 29.6 Å². The predicted molar refractivity (Wildman–Crippen MR) is 188 cm³/mol. The van der Waals surface area contributed by atoms with E-state index < -0.39 is 65.3 Å². The molecule has 3 unspecified atom stereocenters. The Kier molecular flexibility index (Phi) is 10.8. The highest BCUT2D eigenvalue weighted by Crippen LogP contribution is 2.41. The maximum absolute atomic E-state index is 14.7. The number of benzene rings is 1. The second kappa shape index (κ2) is 15.1. The van der Waals surface area contributed by atoms with E-state index in [1.807, 2.05) is 20.8 Å². The van der Waals surface area contributed by atoms with Gasteiger partial charge in [0.15, 0.2) is 0 Å². The van der Waals surface area contributed by atoms with E-state index in [1.165, 1.54) is 12.1 Å². The predicted octanol–water partition coefficient (Wildman–Crippen LogP) is 3.64. The number of hydrogen-bond donors (Lipinski definition) is 5. The third kappa shape index (κ3) is 8.44. The molecule has 0 spiro atoms. The molecule has 3 saturated carbocycles. The lowest BCUT2D eigenvalue weighted by atomic mass is 9.81. The Hall–Kier alpha value is -4.29. The molecule has 0 bridgehead atoms. The van der Waals surface area contributed by atoms with E-state index in [9.17, 15) is 33.2 Å². The Morgan fingerprint density at radius 3 is 2.31 bits per heavy atom. The molecule has 2 heterocycles. The van der Waals surface area contributed by atoms with Crippen LogP contribution in [0, 0.1) is 23.1 Å². The van der Waals surface area contributed by atoms with Gasteiger partial charge in [-0.05, 0) is 86.5 Å². The van der Waals surface area contributed by atoms with Crippen molar-refractivity contribution in [2.45, 2.75) is 128 Å². The Bertz CT molecular complexity index is 1670. The summed E-state index contributed by atoms with van der Waals surface area (Å²) in [5, 5.41) is 11.8. The average molecular weight is 707 g/mol. The minimum Gasteiger partial charge on any atom is -0.351 e. The third-order valence-corrected chi connectivity index (χ3v) is 11.2. The van der Waals surface area contributed by atoms with Crippen molar-refractivity contribution in [3.63, 3.8) is 0 Å². The monoisotopic (exact) mass is 706 g/mol. The van der Waals surface area contributed by atoms with E-state index in [2.05, 4.69) is 26.3 Å². The van der Waals surface area contributed by atoms with Gasteiger partial charge in [0.2, 0.25) is 23.5 Å². The molecule has 12 nitrogen and oxygen atoms in total. The smallest absolute Gasteiger partial charge is 0.289 e. The van der Waals surface area contributed by atoms with Crippen LogP contribution in [0.1, 0.15) is 108 Å². The molecule has 0 radical (unpaired) electrons. The van der Waals surface area contributed by atoms with Crippen LogP contribution in [-0.4, -0.2) is 82.0 Å². The van der Waals surface area contributed by atoms with Crippen molar-refractivity contribution in [3.8, 4) is 0 Å². The number of aromatic amines is 1. The van der Waals surface area contributed by atoms with Crippen molar-refractivity contribution >= 4 is 46.2 Å². The summed E-state index contributed by atoms with van der Waals surface area (Å²) in [4.78, 5) is 85.6. The fourth-order valence-electron chi connectivity index (χ4n) is 8.21. The molecule has 6 rings (SSSR count). The van der Waals surface area contributed by atoms with Crippen LogP contribution < -0.4 is 21.3 Å². The maximum Gasteiger partial charge on any atom is 0.289 e. The Morgan fingerprint density at radius 1 is 0.902 bits per heavy atom. The van der Waals surface area contributed by atoms with Crippen LogP contribution in [0.2, 0.25) is 0 Å². The topological polar surface area (TPSA) is 170 Å². The first-order valence-corrected chi connectivity index (χ1v) is 18.6. The largest absolute Gasteiger partial charge is 0.351 e. The first-order chi connectivity index (χ1) is 24.3. The number of rotatable bonds is 11. The van der Waals surface area contributed by atoms with Crippen LogP contribution in [0.15, 0.2) is 24.3 Å². The second-order valence-corrected chi connectivity index (χ2v) is 16.1. The first kappa shape index (κ1) is 36.5. The molecule has 1 aromatic carbocycles. The number of nitrogens with zero attached hydrogens (tertiary/aromatic N) is 1. The van der Waals surface area contributed by atoms with Crippen molar-refractivity contribution in [2.24, 2.45) is 17.3 Å². The van der Waals surface area contributed by atoms with E-state index >= 15 is 0 Å². The lowest BCUT2D eigenvalue weighted by Gasteiger charge is -2.40. The molecule has 5 atom stereocenters. The number of fused-ring (bicyclic) bond motifs is 2. The number of nitrogens with one attached hydrogen (secondary N) is 5. The summed E-state index contributed by atoms with van der Waals surface area (Å²) in [6, 6.07) is 2.76. The summed E-state index contributed by atoms with van der Waals surface area (Å²) in [7, 11) is 0. The number of amides is 5. The number of hydrogen-bond acceptors (Lipinski definition) is 6. The van der Waals surface area contributed by atoms with Gasteiger partial charge in [-0.1, -0.05) is 52.9 Å². The average Bonchev–Trinajstić information content (AvgIpc) is 3.68. The molecular weight excluding hydrogens is 655 g/mol. The van der Waals surface area contributed by atoms with Crippen LogP contribution >= 0.6 is 0 Å². The molecule has 51 heavy (non-hydrogen) atoms. The van der Waals surface area contributed by atoms with Gasteiger partial charge >= 0.3 is 0 Å². The van der Waals surface area contributed by atoms with Crippen LogP contribution in [0.3, 0.4) is 0 Å². The van der Waals surface area contributed by atoms with Crippen LogP contribution in [-0.2, 0) is 24.0 Å². The van der Waals surface area contributed by atoms with Gasteiger partial charge < -0.3 is 31.2 Å². The zero-order chi connectivity index (χ0) is 36.4. The zero-order valence-corrected chi connectivity index (χ0v) is 29.8. The van der Waals surface area contributed by atoms with Gasteiger partial charge in [-0.2, -0.15) is 0 Å². The summed E-state index contributed by atoms with van der Waals surface area (Å²) in [5.74, 6) is -3.78. The highest BCUT2D eigenvalue weighted by Gasteiger charge is 2.51. The van der Waals surface area contributed by atoms with Crippen LogP contribution in [0.25, 0.3) is 10.9 Å². The van der Waals surface area contributed by atoms with Crippen molar-refractivity contribution in [1.29, 1.82) is 0 Å². The van der Waals surface area contributed by atoms with Crippen LogP contribution in [0.5, 0.6) is 0 Å². The number of aromatic nitrogens is 1. The quantitative estimate of drug-likeness (QED) is 0.224. The van der Waals surface area contributed by atoms with Gasteiger partial charge in [-0.25, -0.2) is 4.39 Å². The Labute approximate surface area is 297 Å². The number of carbonyl (C=O) groups excluding carboxylic acids is 6. The molecule has 1 aliphatic heterocycles. The highest BCUT2D eigenvalue weighted by molar-refractivity contribution is 6.37. The second-order valence-electron chi connectivity index (χ2n) is 16.1. The summed E-state index contributed by atoms with van der Waals surface area (Å²) in [6.45, 7) is 5.11. The van der Waals surface area contributed by atoms with E-state index in [0.717, 1.165) is 70.6 Å². The van der Waals surface area contributed by atoms with Gasteiger partial charge in [-0.15, -0.1) is 0 Å². The minimum atomic E-state index is -1.02. The van der Waals surface area contributed by atoms with Gasteiger partial charge in [-0.3, -0.25) is 28.8 Å². The molecule has 13 heteroatoms. The molecule has 1 saturated heterocycles. The molecule has 1 aromatic heterocycles. The fraction of sp³-hybridized carbons (Fsp3) is 0.632. The Balaban J connectivity index is 1.21. The molecule has 3 aliphatic carbocycles. The minimum absolute atomic E-state index is 0.0123. The third-order valence-electron chi connectivity index (χ3n) is 11.2. The highest BCUT2D eigenvalue weighted by atomic mass is 19.1. The molecule has 5 amide bonds. The van der Waals surface area contributed by atoms with E-state index in [4.69, 9.17) is 0 Å². The Morgan fingerprint density at radius 2 is 1.61 bits per heavy atom. The number of Topliss-reactive ketones (excluding diaryl/α,β-unsaturated/α-hetero) is 1. The van der Waals surface area contributed by atoms with Crippen molar-refractivity contribution in [3.05, 3.63) is 35.8 Å². The molecular formula is C38H51FN6O6.